The molecular formula is C22H20ClN3O4S2. The van der Waals surface area contributed by atoms with E-state index in [4.69, 9.17) is 22.8 Å². The summed E-state index contributed by atoms with van der Waals surface area (Å²) in [5, 5.41) is 0.567. The summed E-state index contributed by atoms with van der Waals surface area (Å²) in [6, 6.07) is 10.6. The summed E-state index contributed by atoms with van der Waals surface area (Å²) in [7, 11) is -2.35. The van der Waals surface area contributed by atoms with Gasteiger partial charge in [0.2, 0.25) is 10.0 Å². The van der Waals surface area contributed by atoms with E-state index in [9.17, 15) is 13.2 Å². The molecular weight excluding hydrogens is 470 g/mol. The Morgan fingerprint density at radius 1 is 1.31 bits per heavy atom. The summed E-state index contributed by atoms with van der Waals surface area (Å²) in [6.07, 6.45) is 6.49. The van der Waals surface area contributed by atoms with Gasteiger partial charge in [0, 0.05) is 11.6 Å². The number of aromatic nitrogens is 1. The van der Waals surface area contributed by atoms with E-state index in [1.807, 2.05) is 6.07 Å². The predicted octanol–water partition coefficient (Wildman–Crippen LogP) is 3.28. The normalized spacial score (nSPS) is 17.5. The lowest BCUT2D eigenvalue weighted by atomic mass is 10.2. The monoisotopic (exact) mass is 489 g/mol. The van der Waals surface area contributed by atoms with E-state index in [1.54, 1.807) is 28.8 Å². The molecule has 1 saturated heterocycles. The zero-order valence-electron chi connectivity index (χ0n) is 17.2. The number of carbonyl (C=O) groups excluding carboxylic acids is 1. The molecule has 2 aromatic carbocycles. The summed E-state index contributed by atoms with van der Waals surface area (Å²) in [5.74, 6) is 2.61. The fourth-order valence-electron chi connectivity index (χ4n) is 3.70. The largest absolute Gasteiger partial charge is 0.497 e. The number of rotatable bonds is 5. The zero-order valence-corrected chi connectivity index (χ0v) is 19.6. The van der Waals surface area contributed by atoms with Gasteiger partial charge in [-0.1, -0.05) is 28.9 Å². The Kier molecular flexibility index (Phi) is 6.40. The highest BCUT2D eigenvalue weighted by Crippen LogP contribution is 2.28. The van der Waals surface area contributed by atoms with Crippen molar-refractivity contribution in [3.8, 4) is 18.1 Å². The molecule has 1 atom stereocenters. The maximum atomic E-state index is 13.2. The standard InChI is InChI=1S/C22H20ClN3O4S2/c1-3-12-25-18-11-6-15(23)14-20(18)31-22(25)24-21(27)19-5-4-13-26(19)32(28,29)17-9-7-16(30-2)8-10-17/h1,6-11,14,19H,4-5,12-13H2,2H3. The van der Waals surface area contributed by atoms with Crippen LogP contribution in [0.25, 0.3) is 10.2 Å². The minimum atomic E-state index is -3.86. The minimum absolute atomic E-state index is 0.108. The van der Waals surface area contributed by atoms with Crippen molar-refractivity contribution in [1.82, 2.24) is 8.87 Å². The third kappa shape index (κ3) is 4.19. The SMILES string of the molecule is C#CCn1c(=NC(=O)C2CCCN2S(=O)(=O)c2ccc(OC)cc2)sc2cc(Cl)ccc21. The van der Waals surface area contributed by atoms with Crippen LogP contribution in [-0.4, -0.2) is 42.9 Å². The van der Waals surface area contributed by atoms with Crippen LogP contribution in [0.2, 0.25) is 5.02 Å². The van der Waals surface area contributed by atoms with Gasteiger partial charge < -0.3 is 9.30 Å². The first-order chi connectivity index (χ1) is 15.3. The van der Waals surface area contributed by atoms with E-state index in [-0.39, 0.29) is 18.0 Å². The van der Waals surface area contributed by atoms with Crippen molar-refractivity contribution in [3.63, 3.8) is 0 Å². The maximum absolute atomic E-state index is 13.2. The smallest absolute Gasteiger partial charge is 0.266 e. The van der Waals surface area contributed by atoms with E-state index in [2.05, 4.69) is 10.9 Å². The Bertz CT molecular complexity index is 1390. The molecule has 0 bridgehead atoms. The summed E-state index contributed by atoms with van der Waals surface area (Å²) < 4.78 is 35.3. The number of amides is 1. The van der Waals surface area contributed by atoms with Gasteiger partial charge in [-0.25, -0.2) is 8.42 Å². The second-order valence-corrected chi connectivity index (χ2v) is 10.5. The fourth-order valence-corrected chi connectivity index (χ4v) is 6.66. The molecule has 1 aliphatic rings. The number of thiazole rings is 1. The van der Waals surface area contributed by atoms with Crippen LogP contribution in [0.5, 0.6) is 5.75 Å². The van der Waals surface area contributed by atoms with Crippen molar-refractivity contribution in [2.24, 2.45) is 4.99 Å². The highest BCUT2D eigenvalue weighted by molar-refractivity contribution is 7.89. The van der Waals surface area contributed by atoms with Crippen LogP contribution < -0.4 is 9.54 Å². The van der Waals surface area contributed by atoms with Gasteiger partial charge in [-0.15, -0.1) is 6.42 Å². The molecule has 1 fully saturated rings. The number of nitrogens with zero attached hydrogens (tertiary/aromatic N) is 3. The summed E-state index contributed by atoms with van der Waals surface area (Å²) in [6.45, 7) is 0.485. The Hall–Kier alpha value is -2.64. The molecule has 1 unspecified atom stereocenters. The molecule has 0 saturated carbocycles. The highest BCUT2D eigenvalue weighted by Gasteiger charge is 2.39. The minimum Gasteiger partial charge on any atom is -0.497 e. The number of halogens is 1. The number of hydrogen-bond acceptors (Lipinski definition) is 5. The van der Waals surface area contributed by atoms with Gasteiger partial charge in [0.1, 0.15) is 11.8 Å². The van der Waals surface area contributed by atoms with Crippen LogP contribution >= 0.6 is 22.9 Å². The Morgan fingerprint density at radius 3 is 2.75 bits per heavy atom. The van der Waals surface area contributed by atoms with E-state index < -0.39 is 22.0 Å². The van der Waals surface area contributed by atoms with E-state index in [0.717, 1.165) is 10.2 Å². The van der Waals surface area contributed by atoms with Crippen molar-refractivity contribution in [1.29, 1.82) is 0 Å². The maximum Gasteiger partial charge on any atom is 0.266 e. The first-order valence-electron chi connectivity index (χ1n) is 9.82. The van der Waals surface area contributed by atoms with Gasteiger partial charge in [-0.2, -0.15) is 9.30 Å². The Balaban J connectivity index is 1.70. The second kappa shape index (κ2) is 9.08. The number of carbonyl (C=O) groups is 1. The van der Waals surface area contributed by atoms with Crippen molar-refractivity contribution >= 4 is 49.1 Å². The quantitative estimate of drug-likeness (QED) is 0.515. The Morgan fingerprint density at radius 2 is 2.06 bits per heavy atom. The number of hydrogen-bond donors (Lipinski definition) is 0. The van der Waals surface area contributed by atoms with Crippen molar-refractivity contribution < 1.29 is 17.9 Å². The molecule has 7 nitrogen and oxygen atoms in total. The van der Waals surface area contributed by atoms with Gasteiger partial charge in [0.15, 0.2) is 4.80 Å². The zero-order chi connectivity index (χ0) is 22.9. The molecule has 10 heteroatoms. The molecule has 1 amide bonds. The number of terminal acetylenes is 1. The first kappa shape index (κ1) is 22.6. The van der Waals surface area contributed by atoms with E-state index in [0.29, 0.717) is 28.4 Å². The van der Waals surface area contributed by atoms with Gasteiger partial charge in [-0.05, 0) is 55.3 Å². The molecule has 1 aliphatic heterocycles. The van der Waals surface area contributed by atoms with Crippen LogP contribution in [0, 0.1) is 12.3 Å². The third-order valence-electron chi connectivity index (χ3n) is 5.25. The molecule has 3 aromatic rings. The number of ether oxygens (including phenoxy) is 1. The van der Waals surface area contributed by atoms with Gasteiger partial charge in [-0.3, -0.25) is 4.79 Å². The predicted molar refractivity (Wildman–Crippen MR) is 124 cm³/mol. The van der Waals surface area contributed by atoms with Gasteiger partial charge in [0.25, 0.3) is 5.91 Å². The van der Waals surface area contributed by atoms with Crippen LogP contribution in [0.4, 0.5) is 0 Å². The highest BCUT2D eigenvalue weighted by atomic mass is 35.5. The lowest BCUT2D eigenvalue weighted by Crippen LogP contribution is -2.40. The lowest BCUT2D eigenvalue weighted by molar-refractivity contribution is -0.121. The summed E-state index contributed by atoms with van der Waals surface area (Å²) >= 11 is 7.38. The number of fused-ring (bicyclic) bond motifs is 1. The average Bonchev–Trinajstić information content (AvgIpc) is 3.40. The number of sulfonamides is 1. The van der Waals surface area contributed by atoms with Crippen LogP contribution in [0.15, 0.2) is 52.4 Å². The van der Waals surface area contributed by atoms with Crippen molar-refractivity contribution in [3.05, 3.63) is 52.3 Å². The molecule has 4 rings (SSSR count). The average molecular weight is 490 g/mol. The Labute approximate surface area is 195 Å². The van der Waals surface area contributed by atoms with Gasteiger partial charge >= 0.3 is 0 Å². The molecule has 32 heavy (non-hydrogen) atoms. The molecule has 1 aromatic heterocycles. The van der Waals surface area contributed by atoms with Gasteiger partial charge in [0.05, 0.1) is 28.8 Å². The van der Waals surface area contributed by atoms with Crippen LogP contribution in [0.1, 0.15) is 12.8 Å². The molecule has 0 aliphatic carbocycles. The first-order valence-corrected chi connectivity index (χ1v) is 12.5. The summed E-state index contributed by atoms with van der Waals surface area (Å²) in [4.78, 5) is 17.9. The molecule has 0 N–H and O–H groups in total. The van der Waals surface area contributed by atoms with Crippen molar-refractivity contribution in [2.75, 3.05) is 13.7 Å². The molecule has 0 spiro atoms. The lowest BCUT2D eigenvalue weighted by Gasteiger charge is -2.21. The third-order valence-corrected chi connectivity index (χ3v) is 8.45. The molecule has 0 radical (unpaired) electrons. The van der Waals surface area contributed by atoms with E-state index >= 15 is 0 Å². The van der Waals surface area contributed by atoms with Crippen LogP contribution in [0.3, 0.4) is 0 Å². The van der Waals surface area contributed by atoms with E-state index in [1.165, 1.54) is 34.9 Å². The van der Waals surface area contributed by atoms with Crippen molar-refractivity contribution in [2.45, 2.75) is 30.3 Å². The topological polar surface area (TPSA) is 81.0 Å². The second-order valence-electron chi connectivity index (χ2n) is 7.19. The molecule has 166 valence electrons. The number of methoxy groups -OCH3 is 1. The number of benzene rings is 2. The fraction of sp³-hybridized carbons (Fsp3) is 0.273. The summed E-state index contributed by atoms with van der Waals surface area (Å²) in [5.41, 5.74) is 0.818. The molecule has 2 heterocycles. The van der Waals surface area contributed by atoms with Crippen LogP contribution in [-0.2, 0) is 21.4 Å².